The van der Waals surface area contributed by atoms with E-state index in [0.29, 0.717) is 44.8 Å². The molecule has 4 rings (SSSR count). The van der Waals surface area contributed by atoms with E-state index in [1.54, 1.807) is 60.7 Å². The van der Waals surface area contributed by atoms with Crippen molar-refractivity contribution in [2.75, 3.05) is 6.61 Å². The van der Waals surface area contributed by atoms with E-state index >= 15 is 0 Å². The van der Waals surface area contributed by atoms with Gasteiger partial charge < -0.3 is 9.47 Å². The Balaban J connectivity index is 1.54. The first-order valence-electron chi connectivity index (χ1n) is 11.1. The molecule has 2 amide bonds. The molecule has 190 valence electrons. The predicted octanol–water partition coefficient (Wildman–Crippen LogP) is 7.12. The number of nitrogens with zero attached hydrogens (tertiary/aromatic N) is 2. The summed E-state index contributed by atoms with van der Waals surface area (Å²) in [5.41, 5.74) is 1.49. The number of carbonyl (C=O) groups excluding carboxylic acids is 2. The van der Waals surface area contributed by atoms with Crippen LogP contribution >= 0.6 is 35.0 Å². The minimum Gasteiger partial charge on any atom is -0.490 e. The van der Waals surface area contributed by atoms with Gasteiger partial charge in [-0.15, -0.1) is 0 Å². The predicted molar refractivity (Wildman–Crippen MR) is 143 cm³/mol. The summed E-state index contributed by atoms with van der Waals surface area (Å²) in [5.74, 6) is 0.330. The Morgan fingerprint density at radius 1 is 1.00 bits per heavy atom. The lowest BCUT2D eigenvalue weighted by atomic mass is 10.1. The molecule has 37 heavy (non-hydrogen) atoms. The fraction of sp³-hybridized carbons (Fsp3) is 0.154. The summed E-state index contributed by atoms with van der Waals surface area (Å²) in [4.78, 5) is 37.7. The Morgan fingerprint density at radius 3 is 2.43 bits per heavy atom. The molecular weight excluding hydrogens is 539 g/mol. The van der Waals surface area contributed by atoms with E-state index in [0.717, 1.165) is 16.7 Å². The summed E-state index contributed by atoms with van der Waals surface area (Å²) in [6, 6.07) is 16.3. The molecule has 0 aromatic heterocycles. The number of nitro groups is 1. The Bertz CT molecular complexity index is 1390. The molecule has 0 saturated carbocycles. The average molecular weight is 559 g/mol. The van der Waals surface area contributed by atoms with E-state index in [1.807, 2.05) is 6.92 Å². The molecule has 8 nitrogen and oxygen atoms in total. The number of rotatable bonds is 9. The Hall–Kier alpha value is -3.53. The van der Waals surface area contributed by atoms with E-state index in [1.165, 1.54) is 6.07 Å². The maximum absolute atomic E-state index is 13.0. The monoisotopic (exact) mass is 558 g/mol. The SMILES string of the molecule is CCOc1cc(/C=C2\SC(=O)N(Cc3c(Cl)cccc3Cl)C2=O)ccc1OCc1ccccc1[N+](=O)[O-]. The molecule has 1 heterocycles. The van der Waals surface area contributed by atoms with Crippen molar-refractivity contribution >= 4 is 57.9 Å². The van der Waals surface area contributed by atoms with Crippen molar-refractivity contribution in [1.29, 1.82) is 0 Å². The third-order valence-electron chi connectivity index (χ3n) is 5.39. The van der Waals surface area contributed by atoms with Crippen molar-refractivity contribution in [3.05, 3.63) is 102 Å². The topological polar surface area (TPSA) is 99.0 Å². The minimum atomic E-state index is -0.460. The number of thioether (sulfide) groups is 1. The van der Waals surface area contributed by atoms with Crippen LogP contribution in [0.5, 0.6) is 11.5 Å². The highest BCUT2D eigenvalue weighted by atomic mass is 35.5. The van der Waals surface area contributed by atoms with Gasteiger partial charge in [-0.3, -0.25) is 24.6 Å². The molecule has 3 aromatic carbocycles. The largest absolute Gasteiger partial charge is 0.490 e. The zero-order chi connectivity index (χ0) is 26.5. The Kier molecular flexibility index (Phi) is 8.38. The quantitative estimate of drug-likeness (QED) is 0.156. The van der Waals surface area contributed by atoms with Gasteiger partial charge in [0.15, 0.2) is 11.5 Å². The summed E-state index contributed by atoms with van der Waals surface area (Å²) in [7, 11) is 0. The molecule has 1 aliphatic rings. The van der Waals surface area contributed by atoms with Crippen molar-refractivity contribution in [2.24, 2.45) is 0 Å². The van der Waals surface area contributed by atoms with Gasteiger partial charge in [-0.05, 0) is 60.7 Å². The zero-order valence-electron chi connectivity index (χ0n) is 19.5. The first-order valence-corrected chi connectivity index (χ1v) is 12.7. The highest BCUT2D eigenvalue weighted by molar-refractivity contribution is 8.18. The number of hydrogen-bond donors (Lipinski definition) is 0. The molecule has 0 radical (unpaired) electrons. The second kappa shape index (κ2) is 11.7. The molecule has 3 aromatic rings. The van der Waals surface area contributed by atoms with Crippen LogP contribution in [0.15, 0.2) is 65.6 Å². The molecule has 1 aliphatic heterocycles. The smallest absolute Gasteiger partial charge is 0.293 e. The zero-order valence-corrected chi connectivity index (χ0v) is 21.8. The van der Waals surface area contributed by atoms with E-state index in [-0.39, 0.29) is 23.7 Å². The first-order chi connectivity index (χ1) is 17.8. The van der Waals surface area contributed by atoms with Gasteiger partial charge in [0.2, 0.25) is 0 Å². The number of nitro benzene ring substituents is 1. The maximum Gasteiger partial charge on any atom is 0.293 e. The minimum absolute atomic E-state index is 0.0277. The number of amides is 2. The Morgan fingerprint density at radius 2 is 1.73 bits per heavy atom. The van der Waals surface area contributed by atoms with Gasteiger partial charge in [0.05, 0.1) is 28.5 Å². The second-order valence-electron chi connectivity index (χ2n) is 7.78. The summed E-state index contributed by atoms with van der Waals surface area (Å²) in [5, 5.41) is 11.6. The summed E-state index contributed by atoms with van der Waals surface area (Å²) in [6.07, 6.45) is 1.59. The maximum atomic E-state index is 13.0. The van der Waals surface area contributed by atoms with Gasteiger partial charge in [0.25, 0.3) is 16.8 Å². The van der Waals surface area contributed by atoms with Crippen LogP contribution in [0.25, 0.3) is 6.08 Å². The number of imide groups is 1. The fourth-order valence-electron chi connectivity index (χ4n) is 3.60. The van der Waals surface area contributed by atoms with Gasteiger partial charge >= 0.3 is 0 Å². The fourth-order valence-corrected chi connectivity index (χ4v) is 4.95. The van der Waals surface area contributed by atoms with Crippen LogP contribution in [-0.2, 0) is 17.9 Å². The van der Waals surface area contributed by atoms with E-state index < -0.39 is 16.1 Å². The molecule has 1 saturated heterocycles. The summed E-state index contributed by atoms with van der Waals surface area (Å²) >= 11 is 13.2. The molecule has 1 fully saturated rings. The van der Waals surface area contributed by atoms with Crippen molar-refractivity contribution in [2.45, 2.75) is 20.1 Å². The number of ether oxygens (including phenoxy) is 2. The van der Waals surface area contributed by atoms with Crippen LogP contribution in [0, 0.1) is 10.1 Å². The lowest BCUT2D eigenvalue weighted by Gasteiger charge is -2.15. The second-order valence-corrected chi connectivity index (χ2v) is 9.59. The molecule has 0 atom stereocenters. The van der Waals surface area contributed by atoms with Crippen molar-refractivity contribution in [3.8, 4) is 11.5 Å². The molecule has 0 bridgehead atoms. The third kappa shape index (κ3) is 6.07. The summed E-state index contributed by atoms with van der Waals surface area (Å²) < 4.78 is 11.5. The highest BCUT2D eigenvalue weighted by Crippen LogP contribution is 2.37. The number of carbonyl (C=O) groups is 2. The van der Waals surface area contributed by atoms with E-state index in [2.05, 4.69) is 0 Å². The van der Waals surface area contributed by atoms with Crippen molar-refractivity contribution < 1.29 is 24.0 Å². The molecule has 0 aliphatic carbocycles. The van der Waals surface area contributed by atoms with Gasteiger partial charge in [-0.1, -0.05) is 47.5 Å². The van der Waals surface area contributed by atoms with Gasteiger partial charge in [-0.25, -0.2) is 0 Å². The van der Waals surface area contributed by atoms with Crippen LogP contribution in [0.4, 0.5) is 10.5 Å². The third-order valence-corrected chi connectivity index (χ3v) is 7.00. The molecule has 11 heteroatoms. The highest BCUT2D eigenvalue weighted by Gasteiger charge is 2.35. The summed E-state index contributed by atoms with van der Waals surface area (Å²) in [6.45, 7) is 2.09. The van der Waals surface area contributed by atoms with Crippen LogP contribution in [-0.4, -0.2) is 27.6 Å². The molecule has 0 unspecified atom stereocenters. The van der Waals surface area contributed by atoms with Gasteiger partial charge in [0.1, 0.15) is 6.61 Å². The van der Waals surface area contributed by atoms with Crippen LogP contribution in [0.1, 0.15) is 23.6 Å². The lowest BCUT2D eigenvalue weighted by molar-refractivity contribution is -0.385. The number of benzene rings is 3. The molecular formula is C26H20Cl2N2O6S. The van der Waals surface area contributed by atoms with E-state index in [4.69, 9.17) is 32.7 Å². The lowest BCUT2D eigenvalue weighted by Crippen LogP contribution is -2.27. The average Bonchev–Trinajstić information content (AvgIpc) is 3.13. The first kappa shape index (κ1) is 26.5. The van der Waals surface area contributed by atoms with Gasteiger partial charge in [0, 0.05) is 21.7 Å². The standard InChI is InChI=1S/C26H20Cl2N2O6S/c1-2-35-23-12-16(10-11-22(23)36-15-17-6-3-4-9-21(17)30(33)34)13-24-25(31)29(26(32)37-24)14-18-19(27)7-5-8-20(18)28/h3-13H,2,14-15H2,1H3/b24-13-. The normalized spacial score (nSPS) is 14.4. The van der Waals surface area contributed by atoms with Crippen LogP contribution < -0.4 is 9.47 Å². The Labute approximate surface area is 226 Å². The van der Waals surface area contributed by atoms with Gasteiger partial charge in [-0.2, -0.15) is 0 Å². The number of para-hydroxylation sites is 1. The van der Waals surface area contributed by atoms with Crippen molar-refractivity contribution in [3.63, 3.8) is 0 Å². The van der Waals surface area contributed by atoms with Crippen molar-refractivity contribution in [1.82, 2.24) is 4.90 Å². The number of hydrogen-bond acceptors (Lipinski definition) is 7. The van der Waals surface area contributed by atoms with Crippen LogP contribution in [0.2, 0.25) is 10.0 Å². The van der Waals surface area contributed by atoms with E-state index in [9.17, 15) is 19.7 Å². The number of halogens is 2. The molecule has 0 N–H and O–H groups in total. The van der Waals surface area contributed by atoms with Crippen LogP contribution in [0.3, 0.4) is 0 Å². The molecule has 0 spiro atoms.